The molecular formula is C23H28N2O6. The highest BCUT2D eigenvalue weighted by Gasteiger charge is 2.22. The predicted octanol–water partition coefficient (Wildman–Crippen LogP) is 3.79. The number of ether oxygens (including phenoxy) is 3. The predicted molar refractivity (Wildman–Crippen MR) is 117 cm³/mol. The van der Waals surface area contributed by atoms with Gasteiger partial charge in [0.1, 0.15) is 18.1 Å². The third kappa shape index (κ3) is 5.67. The molecule has 2 aromatic rings. The summed E-state index contributed by atoms with van der Waals surface area (Å²) in [5.41, 5.74) is 0.645. The number of likely N-dealkylation sites (tertiary alicyclic amines) is 1. The Morgan fingerprint density at radius 3 is 2.58 bits per heavy atom. The zero-order valence-corrected chi connectivity index (χ0v) is 17.8. The van der Waals surface area contributed by atoms with Gasteiger partial charge in [0.2, 0.25) is 0 Å². The number of anilines is 2. The number of carboxylic acid groups (broad SMARTS) is 1. The van der Waals surface area contributed by atoms with E-state index in [1.165, 1.54) is 26.0 Å². The number of nitrogens with one attached hydrogen (secondary N) is 1. The molecular weight excluding hydrogens is 400 g/mol. The second-order valence-electron chi connectivity index (χ2n) is 7.14. The first-order valence-corrected chi connectivity index (χ1v) is 10.4. The summed E-state index contributed by atoms with van der Waals surface area (Å²) in [7, 11) is 1.53. The van der Waals surface area contributed by atoms with Crippen LogP contribution in [0.4, 0.5) is 11.4 Å². The Kier molecular flexibility index (Phi) is 7.72. The van der Waals surface area contributed by atoms with Crippen LogP contribution in [0, 0.1) is 0 Å². The van der Waals surface area contributed by atoms with Gasteiger partial charge < -0.3 is 24.6 Å². The molecule has 8 nitrogen and oxygen atoms in total. The molecule has 166 valence electrons. The third-order valence-corrected chi connectivity index (χ3v) is 5.09. The van der Waals surface area contributed by atoms with Crippen LogP contribution in [0.3, 0.4) is 0 Å². The first kappa shape index (κ1) is 22.4. The monoisotopic (exact) mass is 428 g/mol. The molecule has 1 aliphatic heterocycles. The van der Waals surface area contributed by atoms with Crippen molar-refractivity contribution in [1.29, 1.82) is 0 Å². The van der Waals surface area contributed by atoms with Crippen LogP contribution in [0.15, 0.2) is 36.4 Å². The molecule has 1 aliphatic rings. The van der Waals surface area contributed by atoms with Crippen LogP contribution in [0.2, 0.25) is 0 Å². The maximum absolute atomic E-state index is 12.2. The van der Waals surface area contributed by atoms with Gasteiger partial charge in [-0.25, -0.2) is 9.59 Å². The van der Waals surface area contributed by atoms with Crippen LogP contribution >= 0.6 is 0 Å². The van der Waals surface area contributed by atoms with Gasteiger partial charge in [-0.05, 0) is 57.1 Å². The van der Waals surface area contributed by atoms with Crippen LogP contribution in [0.1, 0.15) is 40.5 Å². The standard InChI is InChI=1S/C23H28N2O6/c1-3-30-23(28)17-7-6-8-19(21(17)22(26)27)24-18-10-9-16(15-20(18)29-2)31-14-13-25-11-4-5-12-25/h6-10,15,24H,3-5,11-14H2,1-2H3,(H,26,27). The van der Waals surface area contributed by atoms with Crippen LogP contribution in [-0.2, 0) is 4.74 Å². The van der Waals surface area contributed by atoms with Gasteiger partial charge in [-0.2, -0.15) is 0 Å². The molecule has 0 unspecified atom stereocenters. The van der Waals surface area contributed by atoms with E-state index in [1.807, 2.05) is 0 Å². The number of aromatic carboxylic acids is 1. The third-order valence-electron chi connectivity index (χ3n) is 5.09. The molecule has 0 spiro atoms. The summed E-state index contributed by atoms with van der Waals surface area (Å²) in [6.07, 6.45) is 2.48. The van der Waals surface area contributed by atoms with E-state index in [0.29, 0.717) is 23.8 Å². The van der Waals surface area contributed by atoms with Crippen molar-refractivity contribution in [1.82, 2.24) is 4.90 Å². The van der Waals surface area contributed by atoms with Gasteiger partial charge in [0, 0.05) is 12.6 Å². The van der Waals surface area contributed by atoms with E-state index in [-0.39, 0.29) is 23.4 Å². The number of rotatable bonds is 10. The highest BCUT2D eigenvalue weighted by molar-refractivity contribution is 6.07. The van der Waals surface area contributed by atoms with Gasteiger partial charge in [0.25, 0.3) is 0 Å². The van der Waals surface area contributed by atoms with E-state index >= 15 is 0 Å². The molecule has 0 aromatic heterocycles. The fraction of sp³-hybridized carbons (Fsp3) is 0.391. The number of carbonyl (C=O) groups is 2. The highest BCUT2D eigenvalue weighted by Crippen LogP contribution is 2.33. The first-order valence-electron chi connectivity index (χ1n) is 10.4. The Morgan fingerprint density at radius 2 is 1.90 bits per heavy atom. The second-order valence-corrected chi connectivity index (χ2v) is 7.14. The van der Waals surface area contributed by atoms with E-state index in [2.05, 4.69) is 10.2 Å². The Balaban J connectivity index is 1.77. The number of esters is 1. The molecule has 31 heavy (non-hydrogen) atoms. The fourth-order valence-electron chi connectivity index (χ4n) is 3.57. The molecule has 3 rings (SSSR count). The van der Waals surface area contributed by atoms with Crippen molar-refractivity contribution in [2.24, 2.45) is 0 Å². The number of nitrogens with zero attached hydrogens (tertiary/aromatic N) is 1. The summed E-state index contributed by atoms with van der Waals surface area (Å²) >= 11 is 0. The molecule has 0 radical (unpaired) electrons. The van der Waals surface area contributed by atoms with Crippen molar-refractivity contribution < 1.29 is 28.9 Å². The molecule has 1 fully saturated rings. The van der Waals surface area contributed by atoms with Crippen molar-refractivity contribution in [3.63, 3.8) is 0 Å². The van der Waals surface area contributed by atoms with Crippen LogP contribution in [0.25, 0.3) is 0 Å². The van der Waals surface area contributed by atoms with Crippen LogP contribution in [0.5, 0.6) is 11.5 Å². The largest absolute Gasteiger partial charge is 0.494 e. The molecule has 0 amide bonds. The van der Waals surface area contributed by atoms with Crippen molar-refractivity contribution in [2.75, 3.05) is 45.3 Å². The first-order chi connectivity index (χ1) is 15.0. The molecule has 2 aromatic carbocycles. The molecule has 0 atom stereocenters. The number of benzene rings is 2. The molecule has 1 saturated heterocycles. The van der Waals surface area contributed by atoms with Crippen LogP contribution < -0.4 is 14.8 Å². The minimum atomic E-state index is -1.23. The summed E-state index contributed by atoms with van der Waals surface area (Å²) in [5.74, 6) is -0.749. The number of carboxylic acids is 1. The van der Waals surface area contributed by atoms with Gasteiger partial charge in [0.15, 0.2) is 0 Å². The second kappa shape index (κ2) is 10.7. The van der Waals surface area contributed by atoms with Crippen molar-refractivity contribution in [3.05, 3.63) is 47.5 Å². The lowest BCUT2D eigenvalue weighted by Crippen LogP contribution is -2.25. The smallest absolute Gasteiger partial charge is 0.339 e. The Bertz CT molecular complexity index is 924. The molecule has 1 heterocycles. The molecule has 0 aliphatic carbocycles. The summed E-state index contributed by atoms with van der Waals surface area (Å²) in [6.45, 7) is 5.52. The van der Waals surface area contributed by atoms with Gasteiger partial charge in [0.05, 0.1) is 36.2 Å². The normalized spacial score (nSPS) is 13.6. The van der Waals surface area contributed by atoms with Crippen molar-refractivity contribution in [3.8, 4) is 11.5 Å². The number of hydrogen-bond acceptors (Lipinski definition) is 7. The summed E-state index contributed by atoms with van der Waals surface area (Å²) < 4.78 is 16.3. The van der Waals surface area contributed by atoms with Gasteiger partial charge in [-0.15, -0.1) is 0 Å². The molecule has 0 bridgehead atoms. The summed E-state index contributed by atoms with van der Waals surface area (Å²) in [5, 5.41) is 12.8. The van der Waals surface area contributed by atoms with Gasteiger partial charge >= 0.3 is 11.9 Å². The minimum Gasteiger partial charge on any atom is -0.494 e. The Labute approximate surface area is 181 Å². The topological polar surface area (TPSA) is 97.3 Å². The van der Waals surface area contributed by atoms with Gasteiger partial charge in [-0.3, -0.25) is 4.90 Å². The lowest BCUT2D eigenvalue weighted by atomic mass is 10.0. The maximum Gasteiger partial charge on any atom is 0.339 e. The summed E-state index contributed by atoms with van der Waals surface area (Å²) in [4.78, 5) is 26.4. The van der Waals surface area contributed by atoms with Crippen molar-refractivity contribution in [2.45, 2.75) is 19.8 Å². The average molecular weight is 428 g/mol. The fourth-order valence-corrected chi connectivity index (χ4v) is 3.57. The number of methoxy groups -OCH3 is 1. The van der Waals surface area contributed by atoms with E-state index < -0.39 is 11.9 Å². The zero-order chi connectivity index (χ0) is 22.2. The van der Waals surface area contributed by atoms with E-state index in [4.69, 9.17) is 14.2 Å². The highest BCUT2D eigenvalue weighted by atomic mass is 16.5. The maximum atomic E-state index is 12.2. The van der Waals surface area contributed by atoms with Crippen LogP contribution in [-0.4, -0.2) is 61.9 Å². The number of hydrogen-bond donors (Lipinski definition) is 2. The SMILES string of the molecule is CCOC(=O)c1cccc(Nc2ccc(OCCN3CCCC3)cc2OC)c1C(=O)O. The van der Waals surface area contributed by atoms with E-state index in [9.17, 15) is 14.7 Å². The Hall–Kier alpha value is -3.26. The summed E-state index contributed by atoms with van der Waals surface area (Å²) in [6, 6.07) is 9.93. The van der Waals surface area contributed by atoms with Crippen molar-refractivity contribution >= 4 is 23.3 Å². The Morgan fingerprint density at radius 1 is 1.13 bits per heavy atom. The minimum absolute atomic E-state index is 0.0137. The van der Waals surface area contributed by atoms with E-state index in [1.54, 1.807) is 37.3 Å². The molecule has 2 N–H and O–H groups in total. The lowest BCUT2D eigenvalue weighted by molar-refractivity contribution is 0.0515. The lowest BCUT2D eigenvalue weighted by Gasteiger charge is -2.17. The zero-order valence-electron chi connectivity index (χ0n) is 17.8. The van der Waals surface area contributed by atoms with E-state index in [0.717, 1.165) is 19.6 Å². The van der Waals surface area contributed by atoms with Gasteiger partial charge in [-0.1, -0.05) is 6.07 Å². The average Bonchev–Trinajstić information content (AvgIpc) is 3.28. The number of carbonyl (C=O) groups excluding carboxylic acids is 1. The quantitative estimate of drug-likeness (QED) is 0.552. The molecule has 8 heteroatoms. The molecule has 0 saturated carbocycles.